The summed E-state index contributed by atoms with van der Waals surface area (Å²) in [7, 11) is 0. The second kappa shape index (κ2) is 7.75. The summed E-state index contributed by atoms with van der Waals surface area (Å²) in [5.74, 6) is 0. The Morgan fingerprint density at radius 1 is 0.690 bits per heavy atom. The van der Waals surface area contributed by atoms with E-state index in [2.05, 4.69) is 136 Å². The molecule has 204 valence electrons. The van der Waals surface area contributed by atoms with Crippen LogP contribution >= 0.6 is 0 Å². The lowest BCUT2D eigenvalue weighted by atomic mass is 9.34. The lowest BCUT2D eigenvalue weighted by Crippen LogP contribution is -2.59. The fourth-order valence-corrected chi connectivity index (χ4v) is 7.84. The van der Waals surface area contributed by atoms with Gasteiger partial charge in [0.2, 0.25) is 0 Å². The summed E-state index contributed by atoms with van der Waals surface area (Å²) < 4.78 is 4.87. The van der Waals surface area contributed by atoms with Crippen molar-refractivity contribution in [3.8, 4) is 11.4 Å². The van der Waals surface area contributed by atoms with Gasteiger partial charge in [-0.1, -0.05) is 108 Å². The SMILES string of the molecule is CC(C)(C)Cc1nn2c3c(cc4ccccc4c13)B1c3c-2cc(C(C)(C)C)cc3-n2c3ccccc3c3cccc1c32. The molecule has 0 bridgehead atoms. The first-order valence-corrected chi connectivity index (χ1v) is 15.2. The highest BCUT2D eigenvalue weighted by Gasteiger charge is 2.42. The average Bonchev–Trinajstić information content (AvgIpc) is 3.49. The van der Waals surface area contributed by atoms with E-state index in [9.17, 15) is 0 Å². The Bertz CT molecular complexity index is 2300. The minimum absolute atomic E-state index is 0.00969. The van der Waals surface area contributed by atoms with E-state index in [0.29, 0.717) is 0 Å². The zero-order valence-electron chi connectivity index (χ0n) is 25.2. The maximum atomic E-state index is 5.52. The number of aromatic nitrogens is 3. The first-order valence-electron chi connectivity index (χ1n) is 15.2. The summed E-state index contributed by atoms with van der Waals surface area (Å²) in [5.41, 5.74) is 13.2. The van der Waals surface area contributed by atoms with E-state index in [4.69, 9.17) is 5.10 Å². The quantitative estimate of drug-likeness (QED) is 0.199. The summed E-state index contributed by atoms with van der Waals surface area (Å²) >= 11 is 0. The summed E-state index contributed by atoms with van der Waals surface area (Å²) in [6.07, 6.45) is 0.927. The van der Waals surface area contributed by atoms with Crippen molar-refractivity contribution in [2.75, 3.05) is 0 Å². The fourth-order valence-electron chi connectivity index (χ4n) is 7.84. The van der Waals surface area contributed by atoms with Crippen molar-refractivity contribution in [2.24, 2.45) is 5.41 Å². The second-order valence-corrected chi connectivity index (χ2v) is 14.7. The molecule has 0 unspecified atom stereocenters. The number of fused-ring (bicyclic) bond motifs is 9. The van der Waals surface area contributed by atoms with Crippen molar-refractivity contribution in [2.45, 2.75) is 53.4 Å². The Balaban J connectivity index is 1.53. The van der Waals surface area contributed by atoms with Crippen LogP contribution in [0.1, 0.15) is 52.8 Å². The fraction of sp³-hybridized carbons (Fsp3) is 0.237. The zero-order valence-corrected chi connectivity index (χ0v) is 25.2. The Morgan fingerprint density at radius 2 is 1.40 bits per heavy atom. The van der Waals surface area contributed by atoms with E-state index in [0.717, 1.165) is 6.42 Å². The Labute approximate surface area is 246 Å². The number of rotatable bonds is 1. The third-order valence-electron chi connectivity index (χ3n) is 9.58. The first-order chi connectivity index (χ1) is 20.1. The molecule has 0 spiro atoms. The van der Waals surface area contributed by atoms with Gasteiger partial charge in [0, 0.05) is 27.4 Å². The van der Waals surface area contributed by atoms with E-state index in [1.165, 1.54) is 82.5 Å². The minimum Gasteiger partial charge on any atom is -0.310 e. The summed E-state index contributed by atoms with van der Waals surface area (Å²) in [4.78, 5) is 0. The molecule has 0 amide bonds. The number of benzene rings is 5. The molecule has 3 nitrogen and oxygen atoms in total. The highest BCUT2D eigenvalue weighted by atomic mass is 15.3. The van der Waals surface area contributed by atoms with Crippen molar-refractivity contribution < 1.29 is 0 Å². The normalized spacial score (nSPS) is 14.0. The predicted octanol–water partition coefficient (Wildman–Crippen LogP) is 7.30. The first kappa shape index (κ1) is 24.3. The molecule has 5 aromatic carbocycles. The van der Waals surface area contributed by atoms with Crippen LogP contribution in [0.4, 0.5) is 0 Å². The third-order valence-corrected chi connectivity index (χ3v) is 9.58. The lowest BCUT2D eigenvalue weighted by molar-refractivity contribution is 0.406. The van der Waals surface area contributed by atoms with Gasteiger partial charge < -0.3 is 4.57 Å². The molecule has 2 aliphatic heterocycles. The van der Waals surface area contributed by atoms with Crippen molar-refractivity contribution in [3.63, 3.8) is 0 Å². The predicted molar refractivity (Wildman–Crippen MR) is 179 cm³/mol. The maximum absolute atomic E-state index is 5.52. The van der Waals surface area contributed by atoms with Gasteiger partial charge in [-0.25, -0.2) is 4.68 Å². The highest BCUT2D eigenvalue weighted by molar-refractivity contribution is 7.00. The van der Waals surface area contributed by atoms with Gasteiger partial charge in [0.1, 0.15) is 0 Å². The van der Waals surface area contributed by atoms with Crippen molar-refractivity contribution in [1.82, 2.24) is 14.3 Å². The number of nitrogens with zero attached hydrogens (tertiary/aromatic N) is 3. The van der Waals surface area contributed by atoms with E-state index < -0.39 is 0 Å². The minimum atomic E-state index is -0.00969. The van der Waals surface area contributed by atoms with Crippen LogP contribution < -0.4 is 16.4 Å². The molecule has 0 saturated heterocycles. The average molecular weight is 544 g/mol. The summed E-state index contributed by atoms with van der Waals surface area (Å²) in [6, 6.07) is 32.1. The van der Waals surface area contributed by atoms with Gasteiger partial charge in [-0.2, -0.15) is 5.10 Å². The standard InChI is InChI=1S/C38H34BN3/c1-37(2,3)21-29-33-24-13-8-7-12-22(24)18-28-36(33)42(40-29)32-20-23(38(4,5)6)19-31-34(32)39(28)27-16-11-15-26-25-14-9-10-17-30(25)41(31)35(26)27/h7-20H,21H2,1-6H3. The van der Waals surface area contributed by atoms with E-state index in [1.54, 1.807) is 0 Å². The van der Waals surface area contributed by atoms with Crippen LogP contribution in [0.25, 0.3) is 54.9 Å². The number of hydrogen-bond acceptors (Lipinski definition) is 1. The van der Waals surface area contributed by atoms with Gasteiger partial charge in [-0.05, 0) is 68.2 Å². The molecule has 0 saturated carbocycles. The highest BCUT2D eigenvalue weighted by Crippen LogP contribution is 2.40. The Kier molecular flexibility index (Phi) is 4.48. The van der Waals surface area contributed by atoms with E-state index in [1.807, 2.05) is 0 Å². The second-order valence-electron chi connectivity index (χ2n) is 14.7. The van der Waals surface area contributed by atoms with Crippen LogP contribution in [0.2, 0.25) is 0 Å². The summed E-state index contributed by atoms with van der Waals surface area (Å²) in [6.45, 7) is 14.1. The van der Waals surface area contributed by atoms with Crippen molar-refractivity contribution in [1.29, 1.82) is 0 Å². The van der Waals surface area contributed by atoms with E-state index in [-0.39, 0.29) is 17.5 Å². The van der Waals surface area contributed by atoms with Gasteiger partial charge in [-0.3, -0.25) is 0 Å². The molecular weight excluding hydrogens is 509 g/mol. The van der Waals surface area contributed by atoms with Gasteiger partial charge in [0.25, 0.3) is 6.71 Å². The molecule has 0 fully saturated rings. The van der Waals surface area contributed by atoms with Crippen molar-refractivity contribution >= 4 is 66.6 Å². The molecule has 0 aliphatic carbocycles. The molecule has 2 aromatic heterocycles. The molecule has 4 heteroatoms. The molecule has 4 heterocycles. The van der Waals surface area contributed by atoms with Gasteiger partial charge in [0.05, 0.1) is 22.4 Å². The largest absolute Gasteiger partial charge is 0.310 e. The third kappa shape index (κ3) is 3.05. The van der Waals surface area contributed by atoms with Crippen LogP contribution in [0, 0.1) is 5.41 Å². The van der Waals surface area contributed by atoms with E-state index >= 15 is 0 Å². The molecule has 0 atom stereocenters. The molecule has 42 heavy (non-hydrogen) atoms. The van der Waals surface area contributed by atoms with Crippen molar-refractivity contribution in [3.05, 3.63) is 96.2 Å². The Hall–Kier alpha value is -4.31. The molecule has 0 N–H and O–H groups in total. The number of hydrogen-bond donors (Lipinski definition) is 0. The van der Waals surface area contributed by atoms with Crippen LogP contribution in [0.15, 0.2) is 84.9 Å². The smallest absolute Gasteiger partial charge is 0.252 e. The van der Waals surface area contributed by atoms with Gasteiger partial charge in [0.15, 0.2) is 0 Å². The zero-order chi connectivity index (χ0) is 28.7. The van der Waals surface area contributed by atoms with Gasteiger partial charge >= 0.3 is 0 Å². The van der Waals surface area contributed by atoms with Crippen LogP contribution in [-0.4, -0.2) is 21.1 Å². The summed E-state index contributed by atoms with van der Waals surface area (Å²) in [5, 5.41) is 12.1. The molecule has 7 aromatic rings. The van der Waals surface area contributed by atoms with Crippen LogP contribution in [0.3, 0.4) is 0 Å². The molecule has 0 radical (unpaired) electrons. The maximum Gasteiger partial charge on any atom is 0.252 e. The molecule has 9 rings (SSSR count). The molecular formula is C38H34BN3. The Morgan fingerprint density at radius 3 is 2.19 bits per heavy atom. The number of para-hydroxylation sites is 2. The monoisotopic (exact) mass is 543 g/mol. The van der Waals surface area contributed by atoms with Gasteiger partial charge in [-0.15, -0.1) is 0 Å². The van der Waals surface area contributed by atoms with Crippen LogP contribution in [0.5, 0.6) is 0 Å². The lowest BCUT2D eigenvalue weighted by Gasteiger charge is -2.34. The molecule has 2 aliphatic rings. The topological polar surface area (TPSA) is 22.8 Å². The van der Waals surface area contributed by atoms with Crippen LogP contribution in [-0.2, 0) is 11.8 Å².